The summed E-state index contributed by atoms with van der Waals surface area (Å²) < 4.78 is 5.38. The Morgan fingerprint density at radius 1 is 1.47 bits per heavy atom. The smallest absolute Gasteiger partial charge is 0.410 e. The number of rotatable bonds is 2. The number of aliphatic hydroxyl groups is 1. The summed E-state index contributed by atoms with van der Waals surface area (Å²) in [6.45, 7) is 8.67. The Kier molecular flexibility index (Phi) is 4.80. The SMILES string of the molecule is C[C@H]1C[C@@H](CCO)CCN1C(=O)OC(C)(C)C. The zero-order chi connectivity index (χ0) is 13.1. The number of likely N-dealkylation sites (tertiary alicyclic amines) is 1. The number of ether oxygens (including phenoxy) is 1. The molecule has 0 saturated carbocycles. The van der Waals surface area contributed by atoms with Gasteiger partial charge >= 0.3 is 6.09 Å². The van der Waals surface area contributed by atoms with E-state index < -0.39 is 5.60 Å². The molecule has 0 unspecified atom stereocenters. The Balaban J connectivity index is 2.49. The summed E-state index contributed by atoms with van der Waals surface area (Å²) in [7, 11) is 0. The molecule has 0 aromatic rings. The first kappa shape index (κ1) is 14.3. The molecular weight excluding hydrogens is 218 g/mol. The molecule has 1 aliphatic rings. The van der Waals surface area contributed by atoms with E-state index >= 15 is 0 Å². The maximum Gasteiger partial charge on any atom is 0.410 e. The predicted molar refractivity (Wildman–Crippen MR) is 66.8 cm³/mol. The molecule has 1 N–H and O–H groups in total. The number of hydrogen-bond acceptors (Lipinski definition) is 3. The van der Waals surface area contributed by atoms with E-state index in [-0.39, 0.29) is 18.7 Å². The molecule has 0 radical (unpaired) electrons. The lowest BCUT2D eigenvalue weighted by Crippen LogP contribution is -2.46. The van der Waals surface area contributed by atoms with Crippen LogP contribution in [0.15, 0.2) is 0 Å². The summed E-state index contributed by atoms with van der Waals surface area (Å²) in [5.41, 5.74) is -0.432. The molecule has 2 atom stereocenters. The number of nitrogens with zero attached hydrogens (tertiary/aromatic N) is 1. The van der Waals surface area contributed by atoms with Gasteiger partial charge in [0.15, 0.2) is 0 Å². The Bertz CT molecular complexity index is 260. The molecule has 17 heavy (non-hydrogen) atoms. The minimum Gasteiger partial charge on any atom is -0.444 e. The van der Waals surface area contributed by atoms with Gasteiger partial charge < -0.3 is 14.7 Å². The van der Waals surface area contributed by atoms with Crippen molar-refractivity contribution >= 4 is 6.09 Å². The first-order valence-corrected chi connectivity index (χ1v) is 6.44. The van der Waals surface area contributed by atoms with Gasteiger partial charge in [-0.05, 0) is 52.9 Å². The summed E-state index contributed by atoms with van der Waals surface area (Å²) in [5, 5.41) is 8.93. The van der Waals surface area contributed by atoms with E-state index in [0.29, 0.717) is 5.92 Å². The molecular formula is C13H25NO3. The van der Waals surface area contributed by atoms with Crippen molar-refractivity contribution in [3.8, 4) is 0 Å². The van der Waals surface area contributed by atoms with Gasteiger partial charge in [-0.1, -0.05) is 0 Å². The zero-order valence-electron chi connectivity index (χ0n) is 11.4. The van der Waals surface area contributed by atoms with Crippen LogP contribution in [0.1, 0.15) is 47.0 Å². The Hall–Kier alpha value is -0.770. The van der Waals surface area contributed by atoms with Gasteiger partial charge in [0.25, 0.3) is 0 Å². The van der Waals surface area contributed by atoms with Gasteiger partial charge in [-0.15, -0.1) is 0 Å². The standard InChI is InChI=1S/C13H25NO3/c1-10-9-11(6-8-15)5-7-14(10)12(16)17-13(2,3)4/h10-11,15H,5-9H2,1-4H3/t10-,11+/m0/s1. The lowest BCUT2D eigenvalue weighted by atomic mass is 9.89. The van der Waals surface area contributed by atoms with Gasteiger partial charge in [0.2, 0.25) is 0 Å². The minimum absolute atomic E-state index is 0.204. The van der Waals surface area contributed by atoms with E-state index in [2.05, 4.69) is 0 Å². The molecule has 1 fully saturated rings. The highest BCUT2D eigenvalue weighted by molar-refractivity contribution is 5.68. The number of carbonyl (C=O) groups excluding carboxylic acids is 1. The second kappa shape index (κ2) is 5.71. The van der Waals surface area contributed by atoms with Gasteiger partial charge in [-0.3, -0.25) is 0 Å². The quantitative estimate of drug-likeness (QED) is 0.810. The Labute approximate surface area is 104 Å². The van der Waals surface area contributed by atoms with Crippen LogP contribution < -0.4 is 0 Å². The van der Waals surface area contributed by atoms with Gasteiger partial charge in [0.05, 0.1) is 0 Å². The van der Waals surface area contributed by atoms with Crippen molar-refractivity contribution in [1.29, 1.82) is 0 Å². The van der Waals surface area contributed by atoms with E-state index in [1.165, 1.54) is 0 Å². The average molecular weight is 243 g/mol. The van der Waals surface area contributed by atoms with Gasteiger partial charge in [-0.2, -0.15) is 0 Å². The number of hydrogen-bond donors (Lipinski definition) is 1. The van der Waals surface area contributed by atoms with Crippen molar-refractivity contribution in [1.82, 2.24) is 4.90 Å². The van der Waals surface area contributed by atoms with Crippen LogP contribution in [-0.2, 0) is 4.74 Å². The fraction of sp³-hybridized carbons (Fsp3) is 0.923. The van der Waals surface area contributed by atoms with E-state index in [1.54, 1.807) is 4.90 Å². The third kappa shape index (κ3) is 4.54. The molecule has 4 heteroatoms. The van der Waals surface area contributed by atoms with E-state index in [0.717, 1.165) is 25.8 Å². The van der Waals surface area contributed by atoms with Gasteiger partial charge in [0, 0.05) is 19.2 Å². The van der Waals surface area contributed by atoms with Crippen LogP contribution >= 0.6 is 0 Å². The minimum atomic E-state index is -0.432. The van der Waals surface area contributed by atoms with Crippen LogP contribution in [0, 0.1) is 5.92 Å². The number of piperidine rings is 1. The molecule has 4 nitrogen and oxygen atoms in total. The van der Waals surface area contributed by atoms with Gasteiger partial charge in [0.1, 0.15) is 5.60 Å². The molecule has 100 valence electrons. The van der Waals surface area contributed by atoms with E-state index in [1.807, 2.05) is 27.7 Å². The van der Waals surface area contributed by atoms with Crippen LogP contribution in [0.5, 0.6) is 0 Å². The summed E-state index contributed by atoms with van der Waals surface area (Å²) in [6.07, 6.45) is 2.55. The maximum absolute atomic E-state index is 11.9. The normalized spacial score (nSPS) is 25.8. The predicted octanol–water partition coefficient (Wildman–Crippen LogP) is 2.40. The largest absolute Gasteiger partial charge is 0.444 e. The number of carbonyl (C=O) groups is 1. The maximum atomic E-state index is 11.9. The highest BCUT2D eigenvalue weighted by Gasteiger charge is 2.31. The first-order valence-electron chi connectivity index (χ1n) is 6.44. The second-order valence-corrected chi connectivity index (χ2v) is 5.93. The van der Waals surface area contributed by atoms with Crippen LogP contribution in [0.25, 0.3) is 0 Å². The van der Waals surface area contributed by atoms with Gasteiger partial charge in [-0.25, -0.2) is 4.79 Å². The Morgan fingerprint density at radius 3 is 2.59 bits per heavy atom. The molecule has 1 aliphatic heterocycles. The van der Waals surface area contributed by atoms with Crippen LogP contribution in [0.4, 0.5) is 4.79 Å². The molecule has 0 spiro atoms. The lowest BCUT2D eigenvalue weighted by molar-refractivity contribution is 0.00600. The van der Waals surface area contributed by atoms with E-state index in [9.17, 15) is 4.79 Å². The fourth-order valence-electron chi connectivity index (χ4n) is 2.31. The highest BCUT2D eigenvalue weighted by atomic mass is 16.6. The molecule has 1 rings (SSSR count). The molecule has 0 aromatic heterocycles. The summed E-state index contributed by atoms with van der Waals surface area (Å²) in [5.74, 6) is 0.536. The summed E-state index contributed by atoms with van der Waals surface area (Å²) >= 11 is 0. The molecule has 0 aromatic carbocycles. The Morgan fingerprint density at radius 2 is 2.12 bits per heavy atom. The van der Waals surface area contributed by atoms with Crippen LogP contribution in [0.3, 0.4) is 0 Å². The molecule has 1 heterocycles. The topological polar surface area (TPSA) is 49.8 Å². The highest BCUT2D eigenvalue weighted by Crippen LogP contribution is 2.26. The van der Waals surface area contributed by atoms with Crippen molar-refractivity contribution < 1.29 is 14.6 Å². The monoisotopic (exact) mass is 243 g/mol. The molecule has 1 amide bonds. The van der Waals surface area contributed by atoms with Crippen molar-refractivity contribution in [2.75, 3.05) is 13.2 Å². The third-order valence-electron chi connectivity index (χ3n) is 3.15. The third-order valence-corrected chi connectivity index (χ3v) is 3.15. The molecule has 1 saturated heterocycles. The molecule has 0 bridgehead atoms. The fourth-order valence-corrected chi connectivity index (χ4v) is 2.31. The van der Waals surface area contributed by atoms with Crippen molar-refractivity contribution in [2.45, 2.75) is 58.6 Å². The second-order valence-electron chi connectivity index (χ2n) is 5.93. The summed E-state index contributed by atoms with van der Waals surface area (Å²) in [6, 6.07) is 0.204. The zero-order valence-corrected chi connectivity index (χ0v) is 11.4. The van der Waals surface area contributed by atoms with Crippen LogP contribution in [0.2, 0.25) is 0 Å². The van der Waals surface area contributed by atoms with Crippen molar-refractivity contribution in [3.05, 3.63) is 0 Å². The van der Waals surface area contributed by atoms with E-state index in [4.69, 9.17) is 9.84 Å². The van der Waals surface area contributed by atoms with Crippen molar-refractivity contribution in [3.63, 3.8) is 0 Å². The lowest BCUT2D eigenvalue weighted by Gasteiger charge is -2.38. The number of amides is 1. The number of aliphatic hydroxyl groups excluding tert-OH is 1. The first-order chi connectivity index (χ1) is 7.83. The summed E-state index contributed by atoms with van der Waals surface area (Å²) in [4.78, 5) is 13.7. The average Bonchev–Trinajstić information content (AvgIpc) is 2.15. The molecule has 0 aliphatic carbocycles. The van der Waals surface area contributed by atoms with Crippen molar-refractivity contribution in [2.24, 2.45) is 5.92 Å². The van der Waals surface area contributed by atoms with Crippen LogP contribution in [-0.4, -0.2) is 40.9 Å².